The normalized spacial score (nSPS) is 11.8. The van der Waals surface area contributed by atoms with E-state index in [4.69, 9.17) is 26.8 Å². The van der Waals surface area contributed by atoms with Crippen LogP contribution in [0.25, 0.3) is 11.1 Å². The third-order valence-electron chi connectivity index (χ3n) is 4.76. The van der Waals surface area contributed by atoms with Crippen LogP contribution in [-0.2, 0) is 14.8 Å². The van der Waals surface area contributed by atoms with Crippen LogP contribution in [0.1, 0.15) is 20.8 Å². The molecule has 2 heterocycles. The number of rotatable bonds is 6. The third kappa shape index (κ3) is 5.53. The lowest BCUT2D eigenvalue weighted by atomic mass is 10.1. The molecule has 14 heteroatoms. The van der Waals surface area contributed by atoms with E-state index in [2.05, 4.69) is 15.2 Å². The average molecular weight is 566 g/mol. The fourth-order valence-electron chi connectivity index (χ4n) is 3.22. The summed E-state index contributed by atoms with van der Waals surface area (Å²) in [4.78, 5) is 15.9. The smallest absolute Gasteiger partial charge is 0.430 e. The number of hydrogen-bond acceptors (Lipinski definition) is 9. The number of anilines is 2. The maximum absolute atomic E-state index is 15.3. The van der Waals surface area contributed by atoms with Crippen molar-refractivity contribution >= 4 is 50.7 Å². The summed E-state index contributed by atoms with van der Waals surface area (Å²) < 4.78 is 53.6. The molecule has 1 amide bonds. The molecule has 0 fully saturated rings. The molecule has 0 bridgehead atoms. The van der Waals surface area contributed by atoms with Crippen molar-refractivity contribution in [3.63, 3.8) is 0 Å². The standard InChI is InChI=1S/C23H21ClFN5O5S2/c1-23(2,3)35-22(31)30(20-11-36-12-27-20)37(32,33)19-8-15(24)18(9-16(19)25)34-17-7-5-4-6-13(17)14-10-28-29-21(14)26/h4-12H,1-3H3,(H3,26,28,29). The first kappa shape index (κ1) is 26.4. The minimum Gasteiger partial charge on any atom is -0.455 e. The topological polar surface area (TPSA) is 140 Å². The SMILES string of the molecule is CC(C)(C)OC(=O)N(c1cscn1)S(=O)(=O)c1cc(Cl)c(Oc2ccccc2-c2cn[nH]c2N)cc1F. The van der Waals surface area contributed by atoms with Crippen LogP contribution in [0.2, 0.25) is 5.02 Å². The highest BCUT2D eigenvalue weighted by Gasteiger charge is 2.38. The Balaban J connectivity index is 1.74. The number of nitrogens with two attached hydrogens (primary N) is 1. The summed E-state index contributed by atoms with van der Waals surface area (Å²) >= 11 is 7.38. The molecule has 194 valence electrons. The number of carbonyl (C=O) groups is 1. The number of ether oxygens (including phenoxy) is 2. The van der Waals surface area contributed by atoms with Gasteiger partial charge in [-0.2, -0.15) is 5.10 Å². The molecule has 3 N–H and O–H groups in total. The molecule has 2 aromatic heterocycles. The largest absolute Gasteiger partial charge is 0.455 e. The molecular weight excluding hydrogens is 545 g/mol. The molecule has 10 nitrogen and oxygen atoms in total. The van der Waals surface area contributed by atoms with E-state index in [1.54, 1.807) is 45.0 Å². The van der Waals surface area contributed by atoms with Gasteiger partial charge in [-0.3, -0.25) is 5.10 Å². The minimum atomic E-state index is -4.83. The lowest BCUT2D eigenvalue weighted by molar-refractivity contribution is 0.0608. The van der Waals surface area contributed by atoms with Gasteiger partial charge in [0, 0.05) is 22.6 Å². The number of nitrogens with zero attached hydrogens (tertiary/aromatic N) is 3. The Labute approximate surface area is 220 Å². The van der Waals surface area contributed by atoms with Gasteiger partial charge in [-0.1, -0.05) is 29.8 Å². The number of amides is 1. The van der Waals surface area contributed by atoms with Crippen molar-refractivity contribution in [3.05, 3.63) is 64.3 Å². The second kappa shape index (κ2) is 10.00. The fraction of sp³-hybridized carbons (Fsp3) is 0.174. The maximum atomic E-state index is 15.3. The zero-order valence-electron chi connectivity index (χ0n) is 19.7. The second-order valence-corrected chi connectivity index (χ2v) is 11.5. The molecule has 37 heavy (non-hydrogen) atoms. The number of H-pyrrole nitrogens is 1. The minimum absolute atomic E-state index is 0.162. The van der Waals surface area contributed by atoms with Gasteiger partial charge < -0.3 is 15.2 Å². The van der Waals surface area contributed by atoms with Crippen molar-refractivity contribution < 1.29 is 27.1 Å². The van der Waals surface area contributed by atoms with Crippen molar-refractivity contribution in [3.8, 4) is 22.6 Å². The lowest BCUT2D eigenvalue weighted by Gasteiger charge is -2.26. The van der Waals surface area contributed by atoms with Crippen molar-refractivity contribution in [2.45, 2.75) is 31.3 Å². The molecular formula is C23H21ClFN5O5S2. The monoisotopic (exact) mass is 565 g/mol. The van der Waals surface area contributed by atoms with Crippen LogP contribution >= 0.6 is 22.9 Å². The van der Waals surface area contributed by atoms with E-state index in [0.717, 1.165) is 23.5 Å². The molecule has 4 aromatic rings. The van der Waals surface area contributed by atoms with E-state index in [9.17, 15) is 13.2 Å². The number of halogens is 2. The summed E-state index contributed by atoms with van der Waals surface area (Å²) in [5.74, 6) is -1.06. The van der Waals surface area contributed by atoms with E-state index in [-0.39, 0.29) is 22.3 Å². The Morgan fingerprint density at radius 2 is 1.92 bits per heavy atom. The van der Waals surface area contributed by atoms with Gasteiger partial charge >= 0.3 is 6.09 Å². The van der Waals surface area contributed by atoms with Gasteiger partial charge in [0.05, 0.1) is 16.7 Å². The van der Waals surface area contributed by atoms with E-state index in [0.29, 0.717) is 21.2 Å². The van der Waals surface area contributed by atoms with E-state index >= 15 is 4.39 Å². The van der Waals surface area contributed by atoms with E-state index in [1.165, 1.54) is 17.1 Å². The number of hydrogen-bond donors (Lipinski definition) is 2. The quantitative estimate of drug-likeness (QED) is 0.297. The zero-order chi connectivity index (χ0) is 27.0. The highest BCUT2D eigenvalue weighted by molar-refractivity contribution is 7.93. The van der Waals surface area contributed by atoms with Crippen molar-refractivity contribution in [1.29, 1.82) is 0 Å². The molecule has 0 radical (unpaired) electrons. The molecule has 4 rings (SSSR count). The first-order chi connectivity index (χ1) is 17.4. The lowest BCUT2D eigenvalue weighted by Crippen LogP contribution is -2.41. The number of para-hydroxylation sites is 1. The van der Waals surface area contributed by atoms with E-state index in [1.807, 2.05) is 0 Å². The van der Waals surface area contributed by atoms with E-state index < -0.39 is 32.4 Å². The molecule has 2 aromatic carbocycles. The molecule has 0 spiro atoms. The van der Waals surface area contributed by atoms with Crippen molar-refractivity contribution in [2.75, 3.05) is 10.0 Å². The van der Waals surface area contributed by atoms with Gasteiger partial charge in [-0.25, -0.2) is 22.6 Å². The number of thiazole rings is 1. The van der Waals surface area contributed by atoms with Gasteiger partial charge in [-0.05, 0) is 32.9 Å². The van der Waals surface area contributed by atoms with Gasteiger partial charge in [0.25, 0.3) is 10.0 Å². The Bertz CT molecular complexity index is 1550. The number of nitrogens with one attached hydrogen (secondary N) is 1. The summed E-state index contributed by atoms with van der Waals surface area (Å²) in [6.45, 7) is 4.69. The number of aromatic nitrogens is 3. The number of aromatic amines is 1. The zero-order valence-corrected chi connectivity index (χ0v) is 22.1. The summed E-state index contributed by atoms with van der Waals surface area (Å²) in [7, 11) is -4.83. The van der Waals surface area contributed by atoms with Gasteiger partial charge in [0.1, 0.15) is 33.6 Å². The number of carbonyl (C=O) groups excluding carboxylic acids is 1. The van der Waals surface area contributed by atoms with Crippen LogP contribution in [0.4, 0.5) is 20.8 Å². The third-order valence-corrected chi connectivity index (χ3v) is 7.31. The first-order valence-corrected chi connectivity index (χ1v) is 13.4. The summed E-state index contributed by atoms with van der Waals surface area (Å²) in [5.41, 5.74) is 7.30. The van der Waals surface area contributed by atoms with Gasteiger partial charge in [0.2, 0.25) is 0 Å². The number of sulfonamides is 1. The molecule has 0 aliphatic heterocycles. The summed E-state index contributed by atoms with van der Waals surface area (Å²) in [6.07, 6.45) is 0.250. The van der Waals surface area contributed by atoms with Crippen LogP contribution in [-0.4, -0.2) is 35.3 Å². The summed E-state index contributed by atoms with van der Waals surface area (Å²) in [5, 5.41) is 7.60. The molecule has 0 atom stereocenters. The Hall–Kier alpha value is -3.68. The van der Waals surface area contributed by atoms with Crippen LogP contribution < -0.4 is 14.8 Å². The highest BCUT2D eigenvalue weighted by Crippen LogP contribution is 2.39. The molecule has 0 unspecified atom stereocenters. The van der Waals surface area contributed by atoms with Crippen LogP contribution in [0.5, 0.6) is 11.5 Å². The van der Waals surface area contributed by atoms with Crippen molar-refractivity contribution in [2.24, 2.45) is 0 Å². The summed E-state index contributed by atoms with van der Waals surface area (Å²) in [6, 6.07) is 8.43. The predicted octanol–water partition coefficient (Wildman–Crippen LogP) is 5.83. The predicted molar refractivity (Wildman–Crippen MR) is 138 cm³/mol. The Morgan fingerprint density at radius 1 is 1.19 bits per heavy atom. The first-order valence-electron chi connectivity index (χ1n) is 10.6. The average Bonchev–Trinajstić information content (AvgIpc) is 3.47. The second-order valence-electron chi connectivity index (χ2n) is 8.61. The maximum Gasteiger partial charge on any atom is 0.430 e. The van der Waals surface area contributed by atoms with Gasteiger partial charge in [-0.15, -0.1) is 15.6 Å². The fourth-order valence-corrected chi connectivity index (χ4v) is 5.42. The molecule has 0 aliphatic rings. The van der Waals surface area contributed by atoms with Crippen LogP contribution in [0, 0.1) is 5.82 Å². The molecule has 0 saturated heterocycles. The van der Waals surface area contributed by atoms with Crippen LogP contribution in [0.3, 0.4) is 0 Å². The van der Waals surface area contributed by atoms with Crippen molar-refractivity contribution in [1.82, 2.24) is 15.2 Å². The van der Waals surface area contributed by atoms with Gasteiger partial charge in [0.15, 0.2) is 5.82 Å². The highest BCUT2D eigenvalue weighted by atomic mass is 35.5. The van der Waals surface area contributed by atoms with Crippen LogP contribution in [0.15, 0.2) is 58.4 Å². The molecule has 0 aliphatic carbocycles. The Kier molecular flexibility index (Phi) is 7.13. The number of nitrogen functional groups attached to an aromatic ring is 1. The Morgan fingerprint density at radius 3 is 2.54 bits per heavy atom. The number of benzene rings is 2. The molecule has 0 saturated carbocycles.